The lowest BCUT2D eigenvalue weighted by Crippen LogP contribution is -2.15. The number of aromatic nitrogens is 3. The molecule has 1 aromatic heterocycles. The van der Waals surface area contributed by atoms with E-state index < -0.39 is 0 Å². The van der Waals surface area contributed by atoms with Crippen LogP contribution in [0.25, 0.3) is 0 Å². The van der Waals surface area contributed by atoms with Crippen LogP contribution in [-0.4, -0.2) is 127 Å². The highest BCUT2D eigenvalue weighted by Gasteiger charge is 2.04. The fourth-order valence-electron chi connectivity index (χ4n) is 6.00. The molecule has 2 N–H and O–H groups in total. The van der Waals surface area contributed by atoms with E-state index >= 15 is 0 Å². The molecule has 13 heteroatoms. The number of nitrogens with zero attached hydrogens (tertiary/aromatic N) is 3. The molecule has 2 aromatic rings. The van der Waals surface area contributed by atoms with Crippen molar-refractivity contribution in [2.24, 2.45) is 5.73 Å². The summed E-state index contributed by atoms with van der Waals surface area (Å²) in [5, 5.41) is 8.48. The predicted octanol–water partition coefficient (Wildman–Crippen LogP) is 7.56. The fourth-order valence-corrected chi connectivity index (χ4v) is 6.00. The summed E-state index contributed by atoms with van der Waals surface area (Å²) in [5.41, 5.74) is 7.29. The van der Waals surface area contributed by atoms with Gasteiger partial charge in [0.25, 0.3) is 0 Å². The molecule has 0 atom stereocenters. The molecular weight excluding hydrogens is 729 g/mol. The van der Waals surface area contributed by atoms with E-state index in [9.17, 15) is 0 Å². The molecule has 0 bridgehead atoms. The third-order valence-electron chi connectivity index (χ3n) is 9.24. The number of rotatable bonds is 45. The van der Waals surface area contributed by atoms with Crippen LogP contribution in [0, 0.1) is 0 Å². The molecule has 0 spiro atoms. The Labute approximate surface area is 345 Å². The molecule has 0 aliphatic carbocycles. The molecule has 0 aliphatic heterocycles. The molecule has 0 unspecified atom stereocenters. The van der Waals surface area contributed by atoms with Crippen molar-refractivity contribution in [3.8, 4) is 5.75 Å². The van der Waals surface area contributed by atoms with E-state index in [2.05, 4.69) is 29.4 Å². The Morgan fingerprint density at radius 1 is 0.456 bits per heavy atom. The minimum atomic E-state index is 0.390. The molecule has 0 radical (unpaired) electrons. The number of hydrogen-bond donors (Lipinski definition) is 1. The second-order valence-corrected chi connectivity index (χ2v) is 14.3. The lowest BCUT2D eigenvalue weighted by molar-refractivity contribution is -0.0235. The minimum absolute atomic E-state index is 0.390. The van der Waals surface area contributed by atoms with Crippen LogP contribution < -0.4 is 10.5 Å². The standard InChI is InChI=1S/C44H80N4O9/c1-2-3-4-5-6-7-8-9-10-11-12-13-14-15-16-17-23-57-44-20-18-42(19-21-44)39-48-40-43(46-47-48)41-56-38-37-55-36-35-54-34-33-53-32-31-52-30-29-51-28-27-50-26-25-49-24-22-45/h18-21,40H,2-17,22-39,41,45H2,1H3. The van der Waals surface area contributed by atoms with E-state index in [1.54, 1.807) is 0 Å². The van der Waals surface area contributed by atoms with Gasteiger partial charge in [0.1, 0.15) is 11.4 Å². The molecule has 2 rings (SSSR count). The Morgan fingerprint density at radius 3 is 1.26 bits per heavy atom. The van der Waals surface area contributed by atoms with Gasteiger partial charge in [-0.3, -0.25) is 0 Å². The maximum atomic E-state index is 5.99. The van der Waals surface area contributed by atoms with E-state index in [4.69, 9.17) is 48.4 Å². The van der Waals surface area contributed by atoms with E-state index in [0.717, 1.165) is 30.0 Å². The molecule has 0 fully saturated rings. The first kappa shape index (κ1) is 50.9. The molecule has 1 aromatic carbocycles. The summed E-state index contributed by atoms with van der Waals surface area (Å²) in [6.07, 6.45) is 23.9. The third-order valence-corrected chi connectivity index (χ3v) is 9.24. The van der Waals surface area contributed by atoms with Gasteiger partial charge in [0.2, 0.25) is 0 Å². The fraction of sp³-hybridized carbons (Fsp3) is 0.818. The highest BCUT2D eigenvalue weighted by atomic mass is 16.6. The van der Waals surface area contributed by atoms with Crippen LogP contribution in [-0.2, 0) is 51.0 Å². The van der Waals surface area contributed by atoms with Crippen LogP contribution in [0.1, 0.15) is 121 Å². The molecule has 0 saturated carbocycles. The van der Waals surface area contributed by atoms with Gasteiger partial charge in [0.05, 0.1) is 125 Å². The molecule has 13 nitrogen and oxygen atoms in total. The Bertz CT molecular complexity index is 1100. The molecule has 330 valence electrons. The maximum Gasteiger partial charge on any atom is 0.119 e. The van der Waals surface area contributed by atoms with Gasteiger partial charge in [-0.2, -0.15) is 0 Å². The minimum Gasteiger partial charge on any atom is -0.494 e. The Hall–Kier alpha value is -2.20. The van der Waals surface area contributed by atoms with Crippen LogP contribution in [0.3, 0.4) is 0 Å². The van der Waals surface area contributed by atoms with Crippen molar-refractivity contribution in [3.05, 3.63) is 41.7 Å². The van der Waals surface area contributed by atoms with Gasteiger partial charge in [-0.1, -0.05) is 121 Å². The van der Waals surface area contributed by atoms with Crippen LogP contribution in [0.2, 0.25) is 0 Å². The first-order valence-electron chi connectivity index (χ1n) is 22.2. The van der Waals surface area contributed by atoms with Crippen molar-refractivity contribution < 1.29 is 42.6 Å². The average Bonchev–Trinajstić information content (AvgIpc) is 3.68. The largest absolute Gasteiger partial charge is 0.494 e. The quantitative estimate of drug-likeness (QED) is 0.0661. The first-order valence-corrected chi connectivity index (χ1v) is 22.2. The summed E-state index contributed by atoms with van der Waals surface area (Å²) < 4.78 is 51.7. The number of benzene rings is 1. The monoisotopic (exact) mass is 809 g/mol. The summed E-state index contributed by atoms with van der Waals surface area (Å²) in [5.74, 6) is 0.922. The molecular formula is C44H80N4O9. The molecule has 57 heavy (non-hydrogen) atoms. The van der Waals surface area contributed by atoms with Gasteiger partial charge in [0, 0.05) is 6.54 Å². The van der Waals surface area contributed by atoms with Crippen LogP contribution in [0.15, 0.2) is 30.5 Å². The van der Waals surface area contributed by atoms with Crippen molar-refractivity contribution in [1.82, 2.24) is 15.0 Å². The smallest absolute Gasteiger partial charge is 0.119 e. The van der Waals surface area contributed by atoms with Gasteiger partial charge in [-0.05, 0) is 24.1 Å². The topological polar surface area (TPSA) is 140 Å². The zero-order valence-corrected chi connectivity index (χ0v) is 35.7. The molecule has 0 aliphatic rings. The number of nitrogens with two attached hydrogens (primary N) is 1. The average molecular weight is 809 g/mol. The summed E-state index contributed by atoms with van der Waals surface area (Å²) in [7, 11) is 0. The summed E-state index contributed by atoms with van der Waals surface area (Å²) in [4.78, 5) is 0. The van der Waals surface area contributed by atoms with Gasteiger partial charge in [0.15, 0.2) is 0 Å². The molecule has 0 saturated heterocycles. The van der Waals surface area contributed by atoms with Crippen LogP contribution >= 0.6 is 0 Å². The van der Waals surface area contributed by atoms with E-state index in [0.29, 0.717) is 119 Å². The van der Waals surface area contributed by atoms with Crippen molar-refractivity contribution in [2.45, 2.75) is 123 Å². The van der Waals surface area contributed by atoms with Crippen molar-refractivity contribution in [1.29, 1.82) is 0 Å². The van der Waals surface area contributed by atoms with Crippen molar-refractivity contribution in [3.63, 3.8) is 0 Å². The highest BCUT2D eigenvalue weighted by Crippen LogP contribution is 2.16. The second kappa shape index (κ2) is 40.6. The number of ether oxygens (including phenoxy) is 9. The lowest BCUT2D eigenvalue weighted by Gasteiger charge is -2.08. The van der Waals surface area contributed by atoms with Crippen LogP contribution in [0.4, 0.5) is 0 Å². The predicted molar refractivity (Wildman–Crippen MR) is 225 cm³/mol. The maximum absolute atomic E-state index is 5.99. The normalized spacial score (nSPS) is 11.5. The Balaban J connectivity index is 1.30. The first-order chi connectivity index (χ1) is 28.3. The zero-order chi connectivity index (χ0) is 40.4. The van der Waals surface area contributed by atoms with E-state index in [-0.39, 0.29) is 0 Å². The third kappa shape index (κ3) is 33.3. The summed E-state index contributed by atoms with van der Waals surface area (Å²) >= 11 is 0. The number of unbranched alkanes of at least 4 members (excludes halogenated alkanes) is 15. The summed E-state index contributed by atoms with van der Waals surface area (Å²) in [6.45, 7) is 12.4. The Kier molecular flexibility index (Phi) is 36.3. The van der Waals surface area contributed by atoms with E-state index in [1.807, 2.05) is 23.0 Å². The highest BCUT2D eigenvalue weighted by molar-refractivity contribution is 5.27. The van der Waals surface area contributed by atoms with E-state index in [1.165, 1.54) is 96.3 Å². The Morgan fingerprint density at radius 2 is 0.842 bits per heavy atom. The zero-order valence-electron chi connectivity index (χ0n) is 35.7. The molecule has 0 amide bonds. The van der Waals surface area contributed by atoms with Crippen LogP contribution in [0.5, 0.6) is 5.75 Å². The lowest BCUT2D eigenvalue weighted by atomic mass is 10.0. The van der Waals surface area contributed by atoms with Crippen molar-refractivity contribution in [2.75, 3.05) is 112 Å². The second-order valence-electron chi connectivity index (χ2n) is 14.3. The van der Waals surface area contributed by atoms with Gasteiger partial charge >= 0.3 is 0 Å². The van der Waals surface area contributed by atoms with Gasteiger partial charge in [-0.15, -0.1) is 5.10 Å². The van der Waals surface area contributed by atoms with Gasteiger partial charge in [-0.25, -0.2) is 4.68 Å². The SMILES string of the molecule is CCCCCCCCCCCCCCCCCCOc1ccc(Cn2cc(COCCOCCOCCOCCOCCOCCOCCOCCN)nn2)cc1. The molecule has 1 heterocycles. The van der Waals surface area contributed by atoms with Crippen molar-refractivity contribution >= 4 is 0 Å². The number of hydrogen-bond acceptors (Lipinski definition) is 12. The van der Waals surface area contributed by atoms with Gasteiger partial charge < -0.3 is 48.4 Å². The summed E-state index contributed by atoms with van der Waals surface area (Å²) in [6, 6.07) is 8.27.